The molecule has 0 N–H and O–H groups in total. The van der Waals surface area contributed by atoms with Gasteiger partial charge in [-0.1, -0.05) is 37.6 Å². The molecule has 0 spiro atoms. The van der Waals surface area contributed by atoms with E-state index in [0.29, 0.717) is 0 Å². The quantitative estimate of drug-likeness (QED) is 0.615. The molecule has 0 unspecified atom stereocenters. The lowest BCUT2D eigenvalue weighted by atomic mass is 9.65. The highest BCUT2D eigenvalue weighted by molar-refractivity contribution is 7.91. The summed E-state index contributed by atoms with van der Waals surface area (Å²) >= 11 is 0. The third kappa shape index (κ3) is 1.26. The van der Waals surface area contributed by atoms with Crippen molar-refractivity contribution < 1.29 is 8.42 Å². The summed E-state index contributed by atoms with van der Waals surface area (Å²) < 4.78 is 23.3. The third-order valence-electron chi connectivity index (χ3n) is 3.60. The molecule has 1 heterocycles. The highest BCUT2D eigenvalue weighted by atomic mass is 32.2. The van der Waals surface area contributed by atoms with Gasteiger partial charge >= 0.3 is 0 Å². The van der Waals surface area contributed by atoms with Gasteiger partial charge in [0.05, 0.1) is 11.5 Å². The maximum atomic E-state index is 11.7. The van der Waals surface area contributed by atoms with Gasteiger partial charge in [0.2, 0.25) is 0 Å². The lowest BCUT2D eigenvalue weighted by Gasteiger charge is -2.37. The van der Waals surface area contributed by atoms with Gasteiger partial charge in [0.15, 0.2) is 9.84 Å². The Kier molecular flexibility index (Phi) is 1.79. The maximum absolute atomic E-state index is 11.7. The fourth-order valence-electron chi connectivity index (χ4n) is 2.61. The molecule has 14 heavy (non-hydrogen) atoms. The predicted molar refractivity (Wildman–Crippen MR) is 57.8 cm³/mol. The zero-order chi connectivity index (χ0) is 10.6. The summed E-state index contributed by atoms with van der Waals surface area (Å²) in [6, 6.07) is 0. The zero-order valence-corrected chi connectivity index (χ0v) is 9.69. The summed E-state index contributed by atoms with van der Waals surface area (Å²) in [5.41, 5.74) is 0.762. The molecule has 0 saturated carbocycles. The molecule has 3 heteroatoms. The molecule has 1 aliphatic carbocycles. The van der Waals surface area contributed by atoms with Crippen LogP contribution in [0, 0.1) is 10.8 Å². The summed E-state index contributed by atoms with van der Waals surface area (Å²) in [5.74, 6) is 0.578. The lowest BCUT2D eigenvalue weighted by Crippen LogP contribution is -2.34. The maximum Gasteiger partial charge on any atom is 0.152 e. The van der Waals surface area contributed by atoms with Gasteiger partial charge in [0.1, 0.15) is 0 Å². The summed E-state index contributed by atoms with van der Waals surface area (Å²) in [6.45, 7) is 6.10. The second kappa shape index (κ2) is 2.51. The van der Waals surface area contributed by atoms with E-state index in [1.54, 1.807) is 0 Å². The van der Waals surface area contributed by atoms with Crippen molar-refractivity contribution in [2.75, 3.05) is 11.5 Å². The number of rotatable bonds is 0. The van der Waals surface area contributed by atoms with Crippen molar-refractivity contribution >= 4 is 9.84 Å². The Hall–Kier alpha value is -0.570. The minimum atomic E-state index is -2.87. The van der Waals surface area contributed by atoms with Crippen LogP contribution in [0.4, 0.5) is 0 Å². The van der Waals surface area contributed by atoms with E-state index in [-0.39, 0.29) is 22.3 Å². The second-order valence-corrected chi connectivity index (χ2v) is 7.15. The monoisotopic (exact) mass is 212 g/mol. The van der Waals surface area contributed by atoms with Gasteiger partial charge < -0.3 is 0 Å². The Labute approximate surface area is 85.6 Å². The van der Waals surface area contributed by atoms with Crippen LogP contribution in [0.1, 0.15) is 20.8 Å². The van der Waals surface area contributed by atoms with Crippen LogP contribution in [0.2, 0.25) is 0 Å². The van der Waals surface area contributed by atoms with Crippen molar-refractivity contribution in [3.8, 4) is 0 Å². The largest absolute Gasteiger partial charge is 0.229 e. The van der Waals surface area contributed by atoms with Crippen molar-refractivity contribution in [1.29, 1.82) is 0 Å². The number of sulfone groups is 1. The molecule has 2 atom stereocenters. The minimum Gasteiger partial charge on any atom is -0.229 e. The summed E-state index contributed by atoms with van der Waals surface area (Å²) in [7, 11) is -2.87. The average molecular weight is 212 g/mol. The normalized spacial score (nSPS) is 44.6. The predicted octanol–water partition coefficient (Wildman–Crippen LogP) is 1.94. The van der Waals surface area contributed by atoms with Crippen LogP contribution in [-0.2, 0) is 9.84 Å². The number of allylic oxidation sites excluding steroid dienone is 4. The topological polar surface area (TPSA) is 34.1 Å². The van der Waals surface area contributed by atoms with E-state index >= 15 is 0 Å². The molecule has 1 fully saturated rings. The van der Waals surface area contributed by atoms with Crippen molar-refractivity contribution in [3.05, 3.63) is 23.8 Å². The molecular weight excluding hydrogens is 196 g/mol. The van der Waals surface area contributed by atoms with Crippen LogP contribution in [0.15, 0.2) is 23.8 Å². The fraction of sp³-hybridized carbons (Fsp3) is 0.636. The first-order valence-electron chi connectivity index (χ1n) is 4.86. The molecule has 0 radical (unpaired) electrons. The summed E-state index contributed by atoms with van der Waals surface area (Å²) in [5, 5.41) is 0. The third-order valence-corrected chi connectivity index (χ3v) is 5.68. The Morgan fingerprint density at radius 1 is 1.21 bits per heavy atom. The molecule has 0 amide bonds. The molecule has 2 aliphatic rings. The van der Waals surface area contributed by atoms with E-state index in [9.17, 15) is 8.42 Å². The molecule has 2 nitrogen and oxygen atoms in total. The zero-order valence-electron chi connectivity index (χ0n) is 8.87. The van der Waals surface area contributed by atoms with Crippen LogP contribution >= 0.6 is 0 Å². The SMILES string of the molecule is CC1=C[C@]2(C)CS(=O)(=O)C[C@]2(C)C=C1. The van der Waals surface area contributed by atoms with Crippen LogP contribution < -0.4 is 0 Å². The molecule has 2 rings (SSSR count). The van der Waals surface area contributed by atoms with Crippen LogP contribution in [-0.4, -0.2) is 19.9 Å². The summed E-state index contributed by atoms with van der Waals surface area (Å²) in [4.78, 5) is 0. The molecule has 0 aromatic heterocycles. The number of hydrogen-bond donors (Lipinski definition) is 0. The van der Waals surface area contributed by atoms with Crippen molar-refractivity contribution in [1.82, 2.24) is 0 Å². The van der Waals surface area contributed by atoms with Crippen LogP contribution in [0.5, 0.6) is 0 Å². The Morgan fingerprint density at radius 2 is 1.79 bits per heavy atom. The van der Waals surface area contributed by atoms with E-state index < -0.39 is 9.84 Å². The van der Waals surface area contributed by atoms with Gasteiger partial charge in [0.25, 0.3) is 0 Å². The lowest BCUT2D eigenvalue weighted by molar-refractivity contribution is 0.257. The van der Waals surface area contributed by atoms with E-state index in [2.05, 4.69) is 12.2 Å². The van der Waals surface area contributed by atoms with Crippen LogP contribution in [0.25, 0.3) is 0 Å². The van der Waals surface area contributed by atoms with Gasteiger partial charge in [-0.25, -0.2) is 8.42 Å². The van der Waals surface area contributed by atoms with Gasteiger partial charge in [-0.2, -0.15) is 0 Å². The first kappa shape index (κ1) is 9.97. The number of fused-ring (bicyclic) bond motifs is 1. The van der Waals surface area contributed by atoms with E-state index in [0.717, 1.165) is 0 Å². The highest BCUT2D eigenvalue weighted by Crippen LogP contribution is 2.51. The Balaban J connectivity index is 2.56. The van der Waals surface area contributed by atoms with Gasteiger partial charge in [-0.05, 0) is 6.92 Å². The van der Waals surface area contributed by atoms with E-state index in [1.165, 1.54) is 5.57 Å². The fourth-order valence-corrected chi connectivity index (χ4v) is 5.37. The standard InChI is InChI=1S/C11H16O2S/c1-9-4-5-10(2)7-14(12,13)8-11(10,3)6-9/h4-6H,7-8H2,1-3H3/t10-,11+/m0/s1. The number of hydrogen-bond acceptors (Lipinski definition) is 2. The van der Waals surface area contributed by atoms with Crippen molar-refractivity contribution in [3.63, 3.8) is 0 Å². The molecule has 1 saturated heterocycles. The average Bonchev–Trinajstić information content (AvgIpc) is 2.13. The molecule has 1 aliphatic heterocycles. The molecule has 78 valence electrons. The van der Waals surface area contributed by atoms with Crippen LogP contribution in [0.3, 0.4) is 0 Å². The molecular formula is C11H16O2S. The van der Waals surface area contributed by atoms with Gasteiger partial charge in [-0.15, -0.1) is 0 Å². The molecule has 0 aromatic carbocycles. The van der Waals surface area contributed by atoms with Crippen molar-refractivity contribution in [2.24, 2.45) is 10.8 Å². The highest BCUT2D eigenvalue weighted by Gasteiger charge is 2.53. The van der Waals surface area contributed by atoms with Gasteiger partial charge in [0, 0.05) is 10.8 Å². The second-order valence-electron chi connectivity index (χ2n) is 5.09. The van der Waals surface area contributed by atoms with Gasteiger partial charge in [-0.3, -0.25) is 0 Å². The van der Waals surface area contributed by atoms with Crippen molar-refractivity contribution in [2.45, 2.75) is 20.8 Å². The first-order chi connectivity index (χ1) is 6.27. The van der Waals surface area contributed by atoms with E-state index in [1.807, 2.05) is 26.8 Å². The minimum absolute atomic E-state index is 0.203. The summed E-state index contributed by atoms with van der Waals surface area (Å²) in [6.07, 6.45) is 6.20. The Bertz CT molecular complexity index is 430. The van der Waals surface area contributed by atoms with E-state index in [4.69, 9.17) is 0 Å². The molecule has 0 bridgehead atoms. The first-order valence-corrected chi connectivity index (χ1v) is 6.68. The smallest absolute Gasteiger partial charge is 0.152 e. The Morgan fingerprint density at radius 3 is 2.43 bits per heavy atom. The molecule has 0 aromatic rings.